The molecule has 3 N–H and O–H groups in total. The summed E-state index contributed by atoms with van der Waals surface area (Å²) in [5, 5.41) is 4.03. The molecule has 8 heteroatoms. The van der Waals surface area contributed by atoms with Crippen LogP contribution in [0.15, 0.2) is 27.8 Å². The Hall–Kier alpha value is -1.64. The highest BCUT2D eigenvalue weighted by atomic mass is 32.2. The van der Waals surface area contributed by atoms with E-state index < -0.39 is 10.0 Å². The largest absolute Gasteiger partial charge is 0.464 e. The first-order chi connectivity index (χ1) is 9.42. The molecule has 7 nitrogen and oxygen atoms in total. The summed E-state index contributed by atoms with van der Waals surface area (Å²) in [6.45, 7) is 2.08. The van der Waals surface area contributed by atoms with Gasteiger partial charge < -0.3 is 10.2 Å². The van der Waals surface area contributed by atoms with E-state index in [2.05, 4.69) is 9.82 Å². The zero-order valence-corrected chi connectivity index (χ0v) is 12.3. The number of hydrogen-bond acceptors (Lipinski definition) is 5. The molecule has 0 saturated carbocycles. The van der Waals surface area contributed by atoms with Gasteiger partial charge in [-0.05, 0) is 18.9 Å². The first-order valence-corrected chi connectivity index (χ1v) is 7.67. The second-order valence-corrected chi connectivity index (χ2v) is 6.24. The van der Waals surface area contributed by atoms with Crippen molar-refractivity contribution in [2.75, 3.05) is 6.54 Å². The lowest BCUT2D eigenvalue weighted by Gasteiger charge is -2.04. The van der Waals surface area contributed by atoms with Gasteiger partial charge in [-0.25, -0.2) is 13.1 Å². The zero-order valence-electron chi connectivity index (χ0n) is 11.5. The van der Waals surface area contributed by atoms with Crippen LogP contribution in [0.5, 0.6) is 0 Å². The second kappa shape index (κ2) is 5.78. The number of nitrogens with two attached hydrogens (primary N) is 1. The predicted octanol–water partition coefficient (Wildman–Crippen LogP) is 0.301. The standard InChI is InChI=1S/C12H18N4O3S/c1-9-12(5-11(6-13)19-9)20(17,18)15-4-3-10-7-14-16(2)8-10/h5,7-8,15H,3-4,6,13H2,1-2H3. The molecule has 110 valence electrons. The van der Waals surface area contributed by atoms with E-state index in [1.165, 1.54) is 6.07 Å². The second-order valence-electron chi connectivity index (χ2n) is 4.51. The summed E-state index contributed by atoms with van der Waals surface area (Å²) in [5.74, 6) is 0.800. The fraction of sp³-hybridized carbons (Fsp3) is 0.417. The molecule has 20 heavy (non-hydrogen) atoms. The molecule has 2 aromatic heterocycles. The Morgan fingerprint density at radius 2 is 2.25 bits per heavy atom. The molecular formula is C12H18N4O3S. The summed E-state index contributed by atoms with van der Waals surface area (Å²) in [5.41, 5.74) is 6.41. The number of rotatable bonds is 6. The van der Waals surface area contributed by atoms with Crippen molar-refractivity contribution < 1.29 is 12.8 Å². The van der Waals surface area contributed by atoms with E-state index in [0.29, 0.717) is 24.5 Å². The molecule has 0 aromatic carbocycles. The van der Waals surface area contributed by atoms with Gasteiger partial charge >= 0.3 is 0 Å². The van der Waals surface area contributed by atoms with Gasteiger partial charge in [-0.2, -0.15) is 5.10 Å². The summed E-state index contributed by atoms with van der Waals surface area (Å²) in [6.07, 6.45) is 4.14. The zero-order chi connectivity index (χ0) is 14.8. The Labute approximate surface area is 117 Å². The third kappa shape index (κ3) is 3.27. The van der Waals surface area contributed by atoms with E-state index in [-0.39, 0.29) is 11.4 Å². The fourth-order valence-electron chi connectivity index (χ4n) is 1.90. The van der Waals surface area contributed by atoms with Crippen LogP contribution in [0.25, 0.3) is 0 Å². The van der Waals surface area contributed by atoms with Crippen LogP contribution in [0.4, 0.5) is 0 Å². The fourth-order valence-corrected chi connectivity index (χ4v) is 3.13. The minimum atomic E-state index is -3.57. The van der Waals surface area contributed by atoms with Crippen LogP contribution in [-0.2, 0) is 30.0 Å². The number of nitrogens with zero attached hydrogens (tertiary/aromatic N) is 2. The van der Waals surface area contributed by atoms with Crippen molar-refractivity contribution in [3.8, 4) is 0 Å². The lowest BCUT2D eigenvalue weighted by molar-refractivity contribution is 0.478. The van der Waals surface area contributed by atoms with Crippen molar-refractivity contribution in [1.29, 1.82) is 0 Å². The molecule has 0 bridgehead atoms. The minimum Gasteiger partial charge on any atom is -0.464 e. The molecule has 2 rings (SSSR count). The SMILES string of the molecule is Cc1oc(CN)cc1S(=O)(=O)NCCc1cnn(C)c1. The van der Waals surface area contributed by atoms with Crippen molar-refractivity contribution in [2.24, 2.45) is 12.8 Å². The molecule has 0 aliphatic rings. The molecule has 2 aromatic rings. The van der Waals surface area contributed by atoms with Crippen LogP contribution in [0.1, 0.15) is 17.1 Å². The highest BCUT2D eigenvalue weighted by molar-refractivity contribution is 7.89. The van der Waals surface area contributed by atoms with Crippen molar-refractivity contribution in [1.82, 2.24) is 14.5 Å². The Balaban J connectivity index is 2.01. The van der Waals surface area contributed by atoms with Gasteiger partial charge in [0.05, 0.1) is 12.7 Å². The third-order valence-corrected chi connectivity index (χ3v) is 4.45. The Morgan fingerprint density at radius 3 is 2.80 bits per heavy atom. The van der Waals surface area contributed by atoms with Gasteiger partial charge in [0, 0.05) is 25.9 Å². The maximum Gasteiger partial charge on any atom is 0.244 e. The van der Waals surface area contributed by atoms with Crippen LogP contribution < -0.4 is 10.5 Å². The lowest BCUT2D eigenvalue weighted by Crippen LogP contribution is -2.26. The summed E-state index contributed by atoms with van der Waals surface area (Å²) in [7, 11) is -1.75. The van der Waals surface area contributed by atoms with E-state index in [1.54, 1.807) is 17.8 Å². The first-order valence-electron chi connectivity index (χ1n) is 6.19. The molecule has 0 radical (unpaired) electrons. The molecule has 0 amide bonds. The molecular weight excluding hydrogens is 280 g/mol. The van der Waals surface area contributed by atoms with Crippen LogP contribution in [0.3, 0.4) is 0 Å². The Bertz CT molecular complexity index is 687. The Morgan fingerprint density at radius 1 is 1.50 bits per heavy atom. The van der Waals surface area contributed by atoms with E-state index in [4.69, 9.17) is 10.2 Å². The highest BCUT2D eigenvalue weighted by Gasteiger charge is 2.20. The van der Waals surface area contributed by atoms with Crippen molar-refractivity contribution in [3.05, 3.63) is 35.5 Å². The van der Waals surface area contributed by atoms with Crippen LogP contribution >= 0.6 is 0 Å². The van der Waals surface area contributed by atoms with Crippen LogP contribution in [-0.4, -0.2) is 24.7 Å². The Kier molecular flexibility index (Phi) is 4.26. The number of sulfonamides is 1. The average Bonchev–Trinajstić information content (AvgIpc) is 2.95. The monoisotopic (exact) mass is 298 g/mol. The molecule has 0 saturated heterocycles. The minimum absolute atomic E-state index is 0.143. The molecule has 0 aliphatic carbocycles. The van der Waals surface area contributed by atoms with Gasteiger partial charge in [0.15, 0.2) is 0 Å². The third-order valence-electron chi connectivity index (χ3n) is 2.88. The van der Waals surface area contributed by atoms with Gasteiger partial charge in [0.1, 0.15) is 16.4 Å². The number of aromatic nitrogens is 2. The summed E-state index contributed by atoms with van der Waals surface area (Å²) in [4.78, 5) is 0.143. The molecule has 0 fully saturated rings. The van der Waals surface area contributed by atoms with Gasteiger partial charge in [0.25, 0.3) is 0 Å². The number of furan rings is 1. The smallest absolute Gasteiger partial charge is 0.244 e. The number of nitrogens with one attached hydrogen (secondary N) is 1. The first kappa shape index (κ1) is 14.8. The van der Waals surface area contributed by atoms with Gasteiger partial charge in [-0.1, -0.05) is 0 Å². The topological polar surface area (TPSA) is 103 Å². The highest BCUT2D eigenvalue weighted by Crippen LogP contribution is 2.19. The molecule has 2 heterocycles. The predicted molar refractivity (Wildman–Crippen MR) is 73.4 cm³/mol. The maximum atomic E-state index is 12.1. The molecule has 0 aliphatic heterocycles. The quantitative estimate of drug-likeness (QED) is 0.798. The van der Waals surface area contributed by atoms with Gasteiger partial charge in [-0.15, -0.1) is 0 Å². The molecule has 0 unspecified atom stereocenters. The van der Waals surface area contributed by atoms with E-state index in [1.807, 2.05) is 13.2 Å². The van der Waals surface area contributed by atoms with Crippen molar-refractivity contribution in [3.63, 3.8) is 0 Å². The summed E-state index contributed by atoms with van der Waals surface area (Å²) in [6, 6.07) is 1.46. The lowest BCUT2D eigenvalue weighted by atomic mass is 10.3. The molecule has 0 atom stereocenters. The average molecular weight is 298 g/mol. The van der Waals surface area contributed by atoms with E-state index in [0.717, 1.165) is 5.56 Å². The van der Waals surface area contributed by atoms with Crippen LogP contribution in [0, 0.1) is 6.92 Å². The summed E-state index contributed by atoms with van der Waals surface area (Å²) >= 11 is 0. The maximum absolute atomic E-state index is 12.1. The molecule has 0 spiro atoms. The van der Waals surface area contributed by atoms with Crippen LogP contribution in [0.2, 0.25) is 0 Å². The van der Waals surface area contributed by atoms with Crippen molar-refractivity contribution in [2.45, 2.75) is 24.8 Å². The normalized spacial score (nSPS) is 11.9. The van der Waals surface area contributed by atoms with Crippen molar-refractivity contribution >= 4 is 10.0 Å². The van der Waals surface area contributed by atoms with Gasteiger partial charge in [-0.3, -0.25) is 4.68 Å². The van der Waals surface area contributed by atoms with E-state index >= 15 is 0 Å². The van der Waals surface area contributed by atoms with Gasteiger partial charge in [0.2, 0.25) is 10.0 Å². The number of aryl methyl sites for hydroxylation is 2. The number of hydrogen-bond donors (Lipinski definition) is 2. The summed E-state index contributed by atoms with van der Waals surface area (Å²) < 4.78 is 33.8. The van der Waals surface area contributed by atoms with E-state index in [9.17, 15) is 8.42 Å².